The molecule has 1 rings (SSSR count). The van der Waals surface area contributed by atoms with Gasteiger partial charge in [0, 0.05) is 30.8 Å². The number of pyridine rings is 1. The second-order valence-corrected chi connectivity index (χ2v) is 4.20. The molecule has 0 aliphatic rings. The van der Waals surface area contributed by atoms with Crippen molar-refractivity contribution in [1.29, 1.82) is 0 Å². The summed E-state index contributed by atoms with van der Waals surface area (Å²) in [6.07, 6.45) is 7.23. The first-order valence-corrected chi connectivity index (χ1v) is 6.40. The second-order valence-electron chi connectivity index (χ2n) is 4.20. The molecule has 1 heterocycles. The number of aldehydes is 1. The minimum atomic E-state index is -0.114. The quantitative estimate of drug-likeness (QED) is 0.559. The second kappa shape index (κ2) is 8.19. The van der Waals surface area contributed by atoms with Gasteiger partial charge in [-0.15, -0.1) is 0 Å². The Morgan fingerprint density at radius 3 is 2.84 bits per heavy atom. The summed E-state index contributed by atoms with van der Waals surface area (Å²) >= 11 is 0. The van der Waals surface area contributed by atoms with Gasteiger partial charge in [0.05, 0.1) is 12.3 Å². The fourth-order valence-corrected chi connectivity index (χ4v) is 1.41. The molecule has 0 aliphatic heterocycles. The van der Waals surface area contributed by atoms with Gasteiger partial charge in [-0.25, -0.2) is 4.98 Å². The molecule has 0 fully saturated rings. The lowest BCUT2D eigenvalue weighted by Gasteiger charge is -2.05. The third-order valence-electron chi connectivity index (χ3n) is 2.50. The Hall–Kier alpha value is -1.97. The van der Waals surface area contributed by atoms with Crippen LogP contribution in [-0.4, -0.2) is 30.6 Å². The molecule has 19 heavy (non-hydrogen) atoms. The predicted molar refractivity (Wildman–Crippen MR) is 76.9 cm³/mol. The summed E-state index contributed by atoms with van der Waals surface area (Å²) in [4.78, 5) is 19.0. The van der Waals surface area contributed by atoms with E-state index >= 15 is 0 Å². The monoisotopic (exact) mass is 260 g/mol. The number of allylic oxidation sites excluding steroid dienone is 2. The number of ether oxygens (including phenoxy) is 1. The summed E-state index contributed by atoms with van der Waals surface area (Å²) in [5, 5.41) is 0. The number of carbonyl (C=O) groups excluding carboxylic acids is 1. The van der Waals surface area contributed by atoms with Gasteiger partial charge in [0.25, 0.3) is 0 Å². The van der Waals surface area contributed by atoms with Crippen LogP contribution in [0.3, 0.4) is 0 Å². The van der Waals surface area contributed by atoms with E-state index in [1.54, 1.807) is 13.2 Å². The van der Waals surface area contributed by atoms with Crippen molar-refractivity contribution in [2.24, 2.45) is 10.9 Å². The third kappa shape index (κ3) is 5.04. The molecular weight excluding hydrogens is 240 g/mol. The van der Waals surface area contributed by atoms with Crippen LogP contribution in [0.25, 0.3) is 0 Å². The topological polar surface area (TPSA) is 51.5 Å². The van der Waals surface area contributed by atoms with Crippen molar-refractivity contribution < 1.29 is 9.53 Å². The van der Waals surface area contributed by atoms with Crippen molar-refractivity contribution >= 4 is 12.0 Å². The van der Waals surface area contributed by atoms with Crippen molar-refractivity contribution in [3.05, 3.63) is 36.0 Å². The molecule has 1 unspecified atom stereocenters. The normalized spacial score (nSPS) is 13.5. The first-order valence-electron chi connectivity index (χ1n) is 6.40. The minimum Gasteiger partial charge on any atom is -0.478 e. The van der Waals surface area contributed by atoms with Crippen LogP contribution in [0, 0.1) is 5.92 Å². The fourth-order valence-electron chi connectivity index (χ4n) is 1.41. The van der Waals surface area contributed by atoms with Gasteiger partial charge in [-0.2, -0.15) is 0 Å². The van der Waals surface area contributed by atoms with E-state index in [1.165, 1.54) is 0 Å². The molecule has 0 radical (unpaired) electrons. The SMILES string of the molecule is CCCOc1ccc(C(/C=C\C(C)C=O)=NC)cn1. The molecule has 1 atom stereocenters. The lowest BCUT2D eigenvalue weighted by Crippen LogP contribution is -2.01. The van der Waals surface area contributed by atoms with Gasteiger partial charge in [0.15, 0.2) is 0 Å². The number of carbonyl (C=O) groups is 1. The summed E-state index contributed by atoms with van der Waals surface area (Å²) in [6.45, 7) is 4.55. The molecular formula is C15H20N2O2. The minimum absolute atomic E-state index is 0.114. The van der Waals surface area contributed by atoms with E-state index in [1.807, 2.05) is 31.2 Å². The first kappa shape index (κ1) is 15.1. The van der Waals surface area contributed by atoms with Crippen molar-refractivity contribution in [2.45, 2.75) is 20.3 Å². The van der Waals surface area contributed by atoms with Crippen LogP contribution in [0.5, 0.6) is 5.88 Å². The average Bonchev–Trinajstić information content (AvgIpc) is 2.46. The Morgan fingerprint density at radius 1 is 1.53 bits per heavy atom. The molecule has 0 saturated carbocycles. The lowest BCUT2D eigenvalue weighted by molar-refractivity contribution is -0.109. The maximum atomic E-state index is 10.6. The van der Waals surface area contributed by atoms with E-state index in [-0.39, 0.29) is 5.92 Å². The van der Waals surface area contributed by atoms with E-state index in [0.717, 1.165) is 24.0 Å². The zero-order valence-corrected chi connectivity index (χ0v) is 11.7. The molecule has 0 aromatic carbocycles. The Bertz CT molecular complexity index is 450. The summed E-state index contributed by atoms with van der Waals surface area (Å²) < 4.78 is 5.42. The Labute approximate surface area is 114 Å². The van der Waals surface area contributed by atoms with Gasteiger partial charge in [0.1, 0.15) is 6.29 Å². The summed E-state index contributed by atoms with van der Waals surface area (Å²) in [6, 6.07) is 3.74. The molecule has 0 bridgehead atoms. The average molecular weight is 260 g/mol. The molecule has 1 aromatic rings. The number of hydrogen-bond donors (Lipinski definition) is 0. The van der Waals surface area contributed by atoms with E-state index < -0.39 is 0 Å². The third-order valence-corrected chi connectivity index (χ3v) is 2.50. The van der Waals surface area contributed by atoms with E-state index in [2.05, 4.69) is 16.9 Å². The molecule has 102 valence electrons. The van der Waals surface area contributed by atoms with Crippen LogP contribution >= 0.6 is 0 Å². The van der Waals surface area contributed by atoms with Gasteiger partial charge in [0.2, 0.25) is 5.88 Å². The van der Waals surface area contributed by atoms with Crippen molar-refractivity contribution in [2.75, 3.05) is 13.7 Å². The van der Waals surface area contributed by atoms with E-state index in [9.17, 15) is 4.79 Å². The number of aliphatic imine (C=N–C) groups is 1. The Morgan fingerprint density at radius 2 is 2.32 bits per heavy atom. The highest BCUT2D eigenvalue weighted by Crippen LogP contribution is 2.10. The molecule has 4 heteroatoms. The summed E-state index contributed by atoms with van der Waals surface area (Å²) in [7, 11) is 1.72. The van der Waals surface area contributed by atoms with Crippen molar-refractivity contribution in [3.8, 4) is 5.88 Å². The number of hydrogen-bond acceptors (Lipinski definition) is 4. The molecule has 0 saturated heterocycles. The van der Waals surface area contributed by atoms with Crippen LogP contribution in [0.15, 0.2) is 35.5 Å². The van der Waals surface area contributed by atoms with E-state index in [4.69, 9.17) is 4.74 Å². The standard InChI is InChI=1S/C15H20N2O2/c1-4-9-19-15-8-6-13(10-17-15)14(16-3)7-5-12(2)11-18/h5-8,10-12H,4,9H2,1-3H3/b7-5-,16-14?. The zero-order chi connectivity index (χ0) is 14.1. The smallest absolute Gasteiger partial charge is 0.213 e. The molecule has 0 spiro atoms. The van der Waals surface area contributed by atoms with Gasteiger partial charge in [-0.1, -0.05) is 19.9 Å². The summed E-state index contributed by atoms with van der Waals surface area (Å²) in [5.74, 6) is 0.503. The zero-order valence-electron chi connectivity index (χ0n) is 11.7. The Kier molecular flexibility index (Phi) is 6.50. The van der Waals surface area contributed by atoms with E-state index in [0.29, 0.717) is 12.5 Å². The number of aromatic nitrogens is 1. The van der Waals surface area contributed by atoms with Crippen molar-refractivity contribution in [1.82, 2.24) is 4.98 Å². The highest BCUT2D eigenvalue weighted by Gasteiger charge is 2.02. The highest BCUT2D eigenvalue weighted by molar-refractivity contribution is 6.08. The van der Waals surface area contributed by atoms with Crippen LogP contribution in [0.1, 0.15) is 25.8 Å². The lowest BCUT2D eigenvalue weighted by atomic mass is 10.1. The van der Waals surface area contributed by atoms with Gasteiger partial charge < -0.3 is 9.53 Å². The van der Waals surface area contributed by atoms with Crippen LogP contribution in [-0.2, 0) is 4.79 Å². The van der Waals surface area contributed by atoms with Crippen molar-refractivity contribution in [3.63, 3.8) is 0 Å². The summed E-state index contributed by atoms with van der Waals surface area (Å²) in [5.41, 5.74) is 1.70. The Balaban J connectivity index is 2.77. The molecule has 0 aliphatic carbocycles. The van der Waals surface area contributed by atoms with Gasteiger partial charge >= 0.3 is 0 Å². The molecule has 1 aromatic heterocycles. The first-order chi connectivity index (χ1) is 9.21. The van der Waals surface area contributed by atoms with Crippen LogP contribution < -0.4 is 4.74 Å². The molecule has 0 N–H and O–H groups in total. The predicted octanol–water partition coefficient (Wildman–Crippen LogP) is 2.68. The maximum Gasteiger partial charge on any atom is 0.213 e. The van der Waals surface area contributed by atoms with Crippen LogP contribution in [0.2, 0.25) is 0 Å². The molecule has 0 amide bonds. The maximum absolute atomic E-state index is 10.6. The fraction of sp³-hybridized carbons (Fsp3) is 0.400. The largest absolute Gasteiger partial charge is 0.478 e. The van der Waals surface area contributed by atoms with Gasteiger partial charge in [-0.05, 0) is 18.6 Å². The van der Waals surface area contributed by atoms with Crippen LogP contribution in [0.4, 0.5) is 0 Å². The molecule has 4 nitrogen and oxygen atoms in total. The van der Waals surface area contributed by atoms with Gasteiger partial charge in [-0.3, -0.25) is 4.99 Å². The highest BCUT2D eigenvalue weighted by atomic mass is 16.5. The number of nitrogens with zero attached hydrogens (tertiary/aromatic N) is 2. The number of rotatable bonds is 7.